The third-order valence-corrected chi connectivity index (χ3v) is 3.08. The monoisotopic (exact) mass is 254 g/mol. The van der Waals surface area contributed by atoms with Crippen LogP contribution in [0.25, 0.3) is 0 Å². The van der Waals surface area contributed by atoms with Gasteiger partial charge in [0.15, 0.2) is 0 Å². The number of hydrogen-bond donors (Lipinski definition) is 0. The van der Waals surface area contributed by atoms with Crippen LogP contribution in [0.4, 0.5) is 0 Å². The molecule has 0 saturated heterocycles. The number of carbonyl (C=O) groups is 1. The number of rotatable bonds is 5. The van der Waals surface area contributed by atoms with E-state index < -0.39 is 0 Å². The Morgan fingerprint density at radius 2 is 1.58 bits per heavy atom. The van der Waals surface area contributed by atoms with E-state index in [2.05, 4.69) is 0 Å². The summed E-state index contributed by atoms with van der Waals surface area (Å²) in [6, 6.07) is 19.8. The third-order valence-electron chi connectivity index (χ3n) is 3.08. The molecule has 0 bridgehead atoms. The Bertz CT molecular complexity index is 505. The van der Waals surface area contributed by atoms with Crippen LogP contribution in [0.2, 0.25) is 0 Å². The van der Waals surface area contributed by atoms with Gasteiger partial charge in [-0.2, -0.15) is 0 Å². The second-order valence-electron chi connectivity index (χ2n) is 4.66. The summed E-state index contributed by atoms with van der Waals surface area (Å²) in [6.07, 6.45) is 0.414. The molecule has 0 heterocycles. The highest BCUT2D eigenvalue weighted by molar-refractivity contribution is 5.70. The maximum atomic E-state index is 11.8. The van der Waals surface area contributed by atoms with E-state index in [0.29, 0.717) is 13.0 Å². The Morgan fingerprint density at radius 1 is 1.00 bits per heavy atom. The Hall–Kier alpha value is -2.09. The standard InChI is InChI=1S/C17H18O2/c1-14(16-10-6-3-7-11-16)12-17(18)19-13-15-8-4-2-5-9-15/h2-11,14H,12-13H2,1H3/t14-/m1/s1. The number of carbonyl (C=O) groups excluding carboxylic acids is 1. The first kappa shape index (κ1) is 13.3. The molecule has 0 N–H and O–H groups in total. The highest BCUT2D eigenvalue weighted by Gasteiger charge is 2.12. The number of ether oxygens (including phenoxy) is 1. The van der Waals surface area contributed by atoms with Crippen molar-refractivity contribution < 1.29 is 9.53 Å². The predicted octanol–water partition coefficient (Wildman–Crippen LogP) is 3.92. The Labute approximate surface area is 114 Å². The summed E-state index contributed by atoms with van der Waals surface area (Å²) in [7, 11) is 0. The summed E-state index contributed by atoms with van der Waals surface area (Å²) in [5.41, 5.74) is 2.18. The van der Waals surface area contributed by atoms with Crippen molar-refractivity contribution in [3.05, 3.63) is 71.8 Å². The first-order valence-electron chi connectivity index (χ1n) is 6.50. The van der Waals surface area contributed by atoms with Crippen molar-refractivity contribution in [3.8, 4) is 0 Å². The molecule has 0 aliphatic heterocycles. The molecule has 2 rings (SSSR count). The fourth-order valence-electron chi connectivity index (χ4n) is 1.95. The van der Waals surface area contributed by atoms with E-state index in [1.165, 1.54) is 5.56 Å². The largest absolute Gasteiger partial charge is 0.461 e. The summed E-state index contributed by atoms with van der Waals surface area (Å²) in [5.74, 6) is 0.0321. The summed E-state index contributed by atoms with van der Waals surface area (Å²) in [5, 5.41) is 0. The van der Waals surface area contributed by atoms with Crippen molar-refractivity contribution in [1.29, 1.82) is 0 Å². The van der Waals surface area contributed by atoms with Crippen LogP contribution in [0.15, 0.2) is 60.7 Å². The van der Waals surface area contributed by atoms with E-state index in [-0.39, 0.29) is 11.9 Å². The lowest BCUT2D eigenvalue weighted by atomic mass is 9.98. The highest BCUT2D eigenvalue weighted by Crippen LogP contribution is 2.19. The van der Waals surface area contributed by atoms with Gasteiger partial charge in [0.25, 0.3) is 0 Å². The van der Waals surface area contributed by atoms with Crippen LogP contribution >= 0.6 is 0 Å². The van der Waals surface area contributed by atoms with Crippen LogP contribution in [0.5, 0.6) is 0 Å². The second kappa shape index (κ2) is 6.74. The van der Waals surface area contributed by atoms with E-state index in [9.17, 15) is 4.79 Å². The average Bonchev–Trinajstić information content (AvgIpc) is 2.47. The van der Waals surface area contributed by atoms with Crippen molar-refractivity contribution in [2.75, 3.05) is 0 Å². The van der Waals surface area contributed by atoms with Gasteiger partial charge in [-0.05, 0) is 17.0 Å². The van der Waals surface area contributed by atoms with E-state index in [4.69, 9.17) is 4.74 Å². The molecule has 0 aromatic heterocycles. The van der Waals surface area contributed by atoms with Gasteiger partial charge in [0.2, 0.25) is 0 Å². The van der Waals surface area contributed by atoms with E-state index in [1.54, 1.807) is 0 Å². The SMILES string of the molecule is C[C@H](CC(=O)OCc1ccccc1)c1ccccc1. The zero-order valence-electron chi connectivity index (χ0n) is 11.1. The molecule has 2 aromatic rings. The van der Waals surface area contributed by atoms with Crippen molar-refractivity contribution >= 4 is 5.97 Å². The van der Waals surface area contributed by atoms with Crippen LogP contribution in [0, 0.1) is 0 Å². The van der Waals surface area contributed by atoms with Gasteiger partial charge in [-0.25, -0.2) is 0 Å². The number of esters is 1. The normalized spacial score (nSPS) is 11.8. The topological polar surface area (TPSA) is 26.3 Å². The first-order chi connectivity index (χ1) is 9.25. The molecule has 2 nitrogen and oxygen atoms in total. The second-order valence-corrected chi connectivity index (χ2v) is 4.66. The fourth-order valence-corrected chi connectivity index (χ4v) is 1.95. The highest BCUT2D eigenvalue weighted by atomic mass is 16.5. The minimum absolute atomic E-state index is 0.153. The minimum Gasteiger partial charge on any atom is -0.461 e. The molecule has 98 valence electrons. The molecule has 0 saturated carbocycles. The Kier molecular flexibility index (Phi) is 4.73. The van der Waals surface area contributed by atoms with E-state index in [0.717, 1.165) is 5.56 Å². The zero-order chi connectivity index (χ0) is 13.5. The number of hydrogen-bond acceptors (Lipinski definition) is 2. The molecule has 0 spiro atoms. The molecule has 0 amide bonds. The predicted molar refractivity (Wildman–Crippen MR) is 75.7 cm³/mol. The average molecular weight is 254 g/mol. The molecule has 2 heteroatoms. The summed E-state index contributed by atoms with van der Waals surface area (Å²) in [4.78, 5) is 11.8. The molecule has 0 radical (unpaired) electrons. The van der Waals surface area contributed by atoms with Crippen molar-refractivity contribution in [2.45, 2.75) is 25.9 Å². The third kappa shape index (κ3) is 4.25. The zero-order valence-corrected chi connectivity index (χ0v) is 11.1. The van der Waals surface area contributed by atoms with Gasteiger partial charge in [-0.3, -0.25) is 4.79 Å². The van der Waals surface area contributed by atoms with Crippen molar-refractivity contribution in [2.24, 2.45) is 0 Å². The van der Waals surface area contributed by atoms with Crippen LogP contribution in [-0.2, 0) is 16.1 Å². The molecule has 1 atom stereocenters. The molecular formula is C17H18O2. The maximum Gasteiger partial charge on any atom is 0.306 e. The van der Waals surface area contributed by atoms with Crippen LogP contribution in [0.3, 0.4) is 0 Å². The van der Waals surface area contributed by atoms with Gasteiger partial charge in [0.1, 0.15) is 6.61 Å². The fraction of sp³-hybridized carbons (Fsp3) is 0.235. The van der Waals surface area contributed by atoms with Crippen LogP contribution in [-0.4, -0.2) is 5.97 Å². The van der Waals surface area contributed by atoms with E-state index in [1.807, 2.05) is 67.6 Å². The van der Waals surface area contributed by atoms with Gasteiger partial charge < -0.3 is 4.74 Å². The quantitative estimate of drug-likeness (QED) is 0.756. The van der Waals surface area contributed by atoms with Crippen LogP contribution in [0.1, 0.15) is 30.4 Å². The first-order valence-corrected chi connectivity index (χ1v) is 6.50. The van der Waals surface area contributed by atoms with E-state index >= 15 is 0 Å². The summed E-state index contributed by atoms with van der Waals surface area (Å²) >= 11 is 0. The minimum atomic E-state index is -0.153. The molecule has 19 heavy (non-hydrogen) atoms. The molecule has 0 unspecified atom stereocenters. The van der Waals surface area contributed by atoms with Gasteiger partial charge in [0.05, 0.1) is 6.42 Å². The molecular weight excluding hydrogens is 236 g/mol. The lowest BCUT2D eigenvalue weighted by molar-refractivity contribution is -0.145. The summed E-state index contributed by atoms with van der Waals surface area (Å²) < 4.78 is 5.28. The lowest BCUT2D eigenvalue weighted by Gasteiger charge is -2.11. The van der Waals surface area contributed by atoms with Crippen molar-refractivity contribution in [1.82, 2.24) is 0 Å². The van der Waals surface area contributed by atoms with Crippen molar-refractivity contribution in [3.63, 3.8) is 0 Å². The van der Waals surface area contributed by atoms with Gasteiger partial charge >= 0.3 is 5.97 Å². The Balaban J connectivity index is 1.82. The lowest BCUT2D eigenvalue weighted by Crippen LogP contribution is -2.08. The number of benzene rings is 2. The smallest absolute Gasteiger partial charge is 0.306 e. The maximum absolute atomic E-state index is 11.8. The molecule has 0 aliphatic rings. The molecule has 0 fully saturated rings. The van der Waals surface area contributed by atoms with Gasteiger partial charge in [0, 0.05) is 0 Å². The Morgan fingerprint density at radius 3 is 2.21 bits per heavy atom. The molecule has 0 aliphatic carbocycles. The van der Waals surface area contributed by atoms with Crippen LogP contribution < -0.4 is 0 Å². The van der Waals surface area contributed by atoms with Gasteiger partial charge in [-0.1, -0.05) is 67.6 Å². The molecule has 2 aromatic carbocycles. The van der Waals surface area contributed by atoms with Gasteiger partial charge in [-0.15, -0.1) is 0 Å². The summed E-state index contributed by atoms with van der Waals surface area (Å²) in [6.45, 7) is 2.39.